The zero-order chi connectivity index (χ0) is 10.7. The van der Waals surface area contributed by atoms with E-state index in [9.17, 15) is 4.79 Å². The second-order valence-electron chi connectivity index (χ2n) is 4.87. The molecule has 2 N–H and O–H groups in total. The maximum absolute atomic E-state index is 12.0. The van der Waals surface area contributed by atoms with Gasteiger partial charge in [0.2, 0.25) is 5.91 Å². The molecule has 2 aliphatic heterocycles. The van der Waals surface area contributed by atoms with Gasteiger partial charge in [-0.25, -0.2) is 0 Å². The molecule has 1 amide bonds. The van der Waals surface area contributed by atoms with Gasteiger partial charge in [-0.05, 0) is 32.7 Å². The van der Waals surface area contributed by atoms with Gasteiger partial charge in [0.15, 0.2) is 0 Å². The Hall–Kier alpha value is -0.610. The molecule has 4 nitrogen and oxygen atoms in total. The van der Waals surface area contributed by atoms with E-state index in [1.54, 1.807) is 0 Å². The summed E-state index contributed by atoms with van der Waals surface area (Å²) in [4.78, 5) is 12.0. The van der Waals surface area contributed by atoms with E-state index in [-0.39, 0.29) is 17.4 Å². The topological polar surface area (TPSA) is 50.4 Å². The summed E-state index contributed by atoms with van der Waals surface area (Å²) in [5.41, 5.74) is -0.211. The highest BCUT2D eigenvalue weighted by Gasteiger charge is 2.37. The Balaban J connectivity index is 1.85. The number of ether oxygens (including phenoxy) is 1. The zero-order valence-corrected chi connectivity index (χ0v) is 9.34. The molecule has 0 saturated carbocycles. The minimum Gasteiger partial charge on any atom is -0.379 e. The van der Waals surface area contributed by atoms with Crippen LogP contribution in [-0.2, 0) is 9.53 Å². The summed E-state index contributed by atoms with van der Waals surface area (Å²) in [7, 11) is 0. The van der Waals surface area contributed by atoms with Crippen LogP contribution in [0.25, 0.3) is 0 Å². The van der Waals surface area contributed by atoms with Gasteiger partial charge in [0.25, 0.3) is 0 Å². The lowest BCUT2D eigenvalue weighted by atomic mass is 9.88. The molecule has 0 aromatic rings. The Morgan fingerprint density at radius 3 is 3.07 bits per heavy atom. The lowest BCUT2D eigenvalue weighted by Gasteiger charge is -2.28. The first-order valence-electron chi connectivity index (χ1n) is 5.80. The Morgan fingerprint density at radius 1 is 1.60 bits per heavy atom. The normalized spacial score (nSPS) is 36.5. The van der Waals surface area contributed by atoms with Crippen molar-refractivity contribution in [2.24, 2.45) is 5.41 Å². The molecule has 2 fully saturated rings. The van der Waals surface area contributed by atoms with Crippen LogP contribution >= 0.6 is 0 Å². The summed E-state index contributed by atoms with van der Waals surface area (Å²) in [6.45, 7) is 5.30. The van der Waals surface area contributed by atoms with Gasteiger partial charge >= 0.3 is 0 Å². The summed E-state index contributed by atoms with van der Waals surface area (Å²) >= 11 is 0. The van der Waals surface area contributed by atoms with Crippen LogP contribution in [0.1, 0.15) is 26.2 Å². The Bertz CT molecular complexity index is 231. The van der Waals surface area contributed by atoms with Gasteiger partial charge in [-0.1, -0.05) is 0 Å². The van der Waals surface area contributed by atoms with Gasteiger partial charge in [-0.3, -0.25) is 4.79 Å². The van der Waals surface area contributed by atoms with Crippen LogP contribution in [0.5, 0.6) is 0 Å². The van der Waals surface area contributed by atoms with Crippen molar-refractivity contribution in [2.45, 2.75) is 32.2 Å². The molecule has 15 heavy (non-hydrogen) atoms. The molecule has 86 valence electrons. The van der Waals surface area contributed by atoms with E-state index in [2.05, 4.69) is 10.6 Å². The van der Waals surface area contributed by atoms with Crippen LogP contribution < -0.4 is 10.6 Å². The first kappa shape index (κ1) is 10.9. The smallest absolute Gasteiger partial charge is 0.227 e. The number of carbonyl (C=O) groups excluding carboxylic acids is 1. The van der Waals surface area contributed by atoms with Crippen LogP contribution in [0.3, 0.4) is 0 Å². The van der Waals surface area contributed by atoms with E-state index < -0.39 is 0 Å². The highest BCUT2D eigenvalue weighted by molar-refractivity contribution is 5.83. The molecule has 4 heteroatoms. The van der Waals surface area contributed by atoms with Gasteiger partial charge in [0.05, 0.1) is 18.1 Å². The molecule has 2 atom stereocenters. The van der Waals surface area contributed by atoms with Crippen molar-refractivity contribution in [3.05, 3.63) is 0 Å². The number of amides is 1. The summed E-state index contributed by atoms with van der Waals surface area (Å²) in [5, 5.41) is 6.34. The fourth-order valence-electron chi connectivity index (χ4n) is 2.22. The summed E-state index contributed by atoms with van der Waals surface area (Å²) < 4.78 is 5.35. The molecular weight excluding hydrogens is 192 g/mol. The average Bonchev–Trinajstić information content (AvgIpc) is 2.68. The van der Waals surface area contributed by atoms with Crippen LogP contribution in [0.15, 0.2) is 0 Å². The SMILES string of the molecule is CC1(C(=O)NC2CCCOC2)CCNC1. The molecule has 0 bridgehead atoms. The maximum atomic E-state index is 12.0. The highest BCUT2D eigenvalue weighted by atomic mass is 16.5. The molecule has 2 unspecified atom stereocenters. The standard InChI is InChI=1S/C11H20N2O2/c1-11(4-5-12-8-11)10(14)13-9-3-2-6-15-7-9/h9,12H,2-8H2,1H3,(H,13,14). The minimum atomic E-state index is -0.211. The molecule has 0 aromatic heterocycles. The van der Waals surface area contributed by atoms with Crippen LogP contribution in [0.2, 0.25) is 0 Å². The second kappa shape index (κ2) is 4.49. The zero-order valence-electron chi connectivity index (χ0n) is 9.34. The molecule has 2 rings (SSSR count). The first-order chi connectivity index (χ1) is 7.21. The Kier molecular flexibility index (Phi) is 3.26. The molecular formula is C11H20N2O2. The fourth-order valence-corrected chi connectivity index (χ4v) is 2.22. The number of hydrogen-bond donors (Lipinski definition) is 2. The van der Waals surface area contributed by atoms with Crippen molar-refractivity contribution < 1.29 is 9.53 Å². The lowest BCUT2D eigenvalue weighted by Crippen LogP contribution is -2.48. The van der Waals surface area contributed by atoms with Gasteiger partial charge in [0, 0.05) is 13.2 Å². The average molecular weight is 212 g/mol. The van der Waals surface area contributed by atoms with E-state index in [1.807, 2.05) is 6.92 Å². The first-order valence-corrected chi connectivity index (χ1v) is 5.80. The molecule has 0 spiro atoms. The molecule has 2 aliphatic rings. The second-order valence-corrected chi connectivity index (χ2v) is 4.87. The quantitative estimate of drug-likeness (QED) is 0.691. The van der Waals surface area contributed by atoms with Crippen LogP contribution in [0, 0.1) is 5.41 Å². The summed E-state index contributed by atoms with van der Waals surface area (Å²) in [5.74, 6) is 0.183. The highest BCUT2D eigenvalue weighted by Crippen LogP contribution is 2.25. The van der Waals surface area contributed by atoms with Gasteiger partial charge in [0.1, 0.15) is 0 Å². The van der Waals surface area contributed by atoms with Crippen LogP contribution in [0.4, 0.5) is 0 Å². The number of hydrogen-bond acceptors (Lipinski definition) is 3. The third-order valence-corrected chi connectivity index (χ3v) is 3.41. The molecule has 0 radical (unpaired) electrons. The number of rotatable bonds is 2. The van der Waals surface area contributed by atoms with E-state index >= 15 is 0 Å². The maximum Gasteiger partial charge on any atom is 0.227 e. The van der Waals surface area contributed by atoms with Gasteiger partial charge < -0.3 is 15.4 Å². The molecule has 0 aliphatic carbocycles. The van der Waals surface area contributed by atoms with Crippen LogP contribution in [-0.4, -0.2) is 38.3 Å². The van der Waals surface area contributed by atoms with Crippen molar-refractivity contribution in [3.63, 3.8) is 0 Å². The van der Waals surface area contributed by atoms with Gasteiger partial charge in [-0.2, -0.15) is 0 Å². The molecule has 0 aromatic carbocycles. The summed E-state index contributed by atoms with van der Waals surface area (Å²) in [6, 6.07) is 0.226. The summed E-state index contributed by atoms with van der Waals surface area (Å²) in [6.07, 6.45) is 3.04. The monoisotopic (exact) mass is 212 g/mol. The Morgan fingerprint density at radius 2 is 2.47 bits per heavy atom. The fraction of sp³-hybridized carbons (Fsp3) is 0.909. The minimum absolute atomic E-state index is 0.183. The van der Waals surface area contributed by atoms with Crippen molar-refractivity contribution in [1.82, 2.24) is 10.6 Å². The predicted octanol–water partition coefficient (Wildman–Crippen LogP) is 0.281. The van der Waals surface area contributed by atoms with Crippen molar-refractivity contribution in [2.75, 3.05) is 26.3 Å². The molecule has 2 heterocycles. The van der Waals surface area contributed by atoms with E-state index in [4.69, 9.17) is 4.74 Å². The Labute approximate surface area is 90.8 Å². The number of nitrogens with one attached hydrogen (secondary N) is 2. The van der Waals surface area contributed by atoms with E-state index in [1.165, 1.54) is 0 Å². The number of carbonyl (C=O) groups is 1. The third-order valence-electron chi connectivity index (χ3n) is 3.41. The van der Waals surface area contributed by atoms with Crippen molar-refractivity contribution >= 4 is 5.91 Å². The lowest BCUT2D eigenvalue weighted by molar-refractivity contribution is -0.130. The van der Waals surface area contributed by atoms with Gasteiger partial charge in [-0.15, -0.1) is 0 Å². The van der Waals surface area contributed by atoms with Crippen molar-refractivity contribution in [1.29, 1.82) is 0 Å². The largest absolute Gasteiger partial charge is 0.379 e. The van der Waals surface area contributed by atoms with E-state index in [0.717, 1.165) is 39.0 Å². The van der Waals surface area contributed by atoms with E-state index in [0.29, 0.717) is 6.61 Å². The predicted molar refractivity (Wildman–Crippen MR) is 57.6 cm³/mol. The third kappa shape index (κ3) is 2.49. The van der Waals surface area contributed by atoms with Crippen molar-refractivity contribution in [3.8, 4) is 0 Å². The molecule has 2 saturated heterocycles.